The third-order valence-corrected chi connectivity index (χ3v) is 9.08. The number of ether oxygens (including phenoxy) is 1. The molecule has 0 unspecified atom stereocenters. The van der Waals surface area contributed by atoms with Crippen LogP contribution in [0.5, 0.6) is 0 Å². The normalized spacial score (nSPS) is 30.6. The summed E-state index contributed by atoms with van der Waals surface area (Å²) >= 11 is 0. The van der Waals surface area contributed by atoms with Crippen molar-refractivity contribution in [3.05, 3.63) is 12.2 Å². The lowest BCUT2D eigenvalue weighted by atomic mass is 10.0. The van der Waals surface area contributed by atoms with Crippen LogP contribution in [0.1, 0.15) is 47.0 Å². The van der Waals surface area contributed by atoms with Gasteiger partial charge in [0.2, 0.25) is 0 Å². The highest BCUT2D eigenvalue weighted by molar-refractivity contribution is 6.74. The van der Waals surface area contributed by atoms with Crippen LogP contribution in [0.2, 0.25) is 18.1 Å². The molecule has 0 spiro atoms. The highest BCUT2D eigenvalue weighted by Crippen LogP contribution is 2.36. The molecule has 0 aliphatic carbocycles. The molecule has 0 saturated heterocycles. The van der Waals surface area contributed by atoms with Gasteiger partial charge in [-0.1, -0.05) is 39.8 Å². The summed E-state index contributed by atoms with van der Waals surface area (Å²) in [5.41, 5.74) is 0. The molecule has 1 heterocycles. The van der Waals surface area contributed by atoms with Gasteiger partial charge in [-0.05, 0) is 37.4 Å². The van der Waals surface area contributed by atoms with Gasteiger partial charge in [-0.15, -0.1) is 0 Å². The van der Waals surface area contributed by atoms with E-state index in [1.165, 1.54) is 0 Å². The van der Waals surface area contributed by atoms with Crippen molar-refractivity contribution in [2.24, 2.45) is 0 Å². The molecule has 1 aliphatic rings. The van der Waals surface area contributed by atoms with Crippen LogP contribution >= 0.6 is 0 Å². The quantitative estimate of drug-likeness (QED) is 0.632. The van der Waals surface area contributed by atoms with E-state index in [1.807, 2.05) is 0 Å². The molecule has 3 nitrogen and oxygen atoms in total. The Morgan fingerprint density at radius 1 is 1.25 bits per heavy atom. The van der Waals surface area contributed by atoms with Crippen LogP contribution in [0.15, 0.2) is 12.2 Å². The minimum atomic E-state index is -1.73. The van der Waals surface area contributed by atoms with Gasteiger partial charge in [-0.2, -0.15) is 0 Å². The maximum atomic E-state index is 10.0. The second-order valence-corrected chi connectivity index (χ2v) is 12.1. The van der Waals surface area contributed by atoms with Crippen LogP contribution in [0.4, 0.5) is 0 Å². The van der Waals surface area contributed by atoms with Gasteiger partial charge in [0.15, 0.2) is 8.32 Å². The van der Waals surface area contributed by atoms with Crippen molar-refractivity contribution in [3.63, 3.8) is 0 Å². The average Bonchev–Trinajstić information content (AvgIpc) is 2.32. The van der Waals surface area contributed by atoms with Crippen LogP contribution in [0.25, 0.3) is 0 Å². The van der Waals surface area contributed by atoms with Crippen molar-refractivity contribution in [1.29, 1.82) is 0 Å². The number of hydrogen-bond donors (Lipinski definition) is 1. The zero-order valence-electron chi connectivity index (χ0n) is 14.0. The van der Waals surface area contributed by atoms with E-state index in [0.717, 1.165) is 12.8 Å². The predicted octanol–water partition coefficient (Wildman–Crippen LogP) is 3.88. The predicted molar refractivity (Wildman–Crippen MR) is 86.5 cm³/mol. The zero-order chi connectivity index (χ0) is 15.4. The Morgan fingerprint density at radius 3 is 2.40 bits per heavy atom. The Labute approximate surface area is 125 Å². The van der Waals surface area contributed by atoms with Gasteiger partial charge in [-0.25, -0.2) is 0 Å². The van der Waals surface area contributed by atoms with Gasteiger partial charge in [0.05, 0.1) is 24.9 Å². The minimum absolute atomic E-state index is 0.0558. The first-order valence-electron chi connectivity index (χ1n) is 7.80. The second kappa shape index (κ2) is 7.21. The van der Waals surface area contributed by atoms with Gasteiger partial charge >= 0.3 is 0 Å². The van der Waals surface area contributed by atoms with E-state index in [2.05, 4.69) is 52.9 Å². The lowest BCUT2D eigenvalue weighted by Gasteiger charge is -2.38. The van der Waals surface area contributed by atoms with Gasteiger partial charge in [0, 0.05) is 0 Å². The van der Waals surface area contributed by atoms with E-state index < -0.39 is 14.4 Å². The fraction of sp³-hybridized carbons (Fsp3) is 0.875. The first-order valence-corrected chi connectivity index (χ1v) is 10.7. The number of hydrogen-bond acceptors (Lipinski definition) is 3. The van der Waals surface area contributed by atoms with E-state index in [0.29, 0.717) is 13.0 Å². The van der Waals surface area contributed by atoms with E-state index in [9.17, 15) is 5.11 Å². The average molecular weight is 301 g/mol. The Bertz CT molecular complexity index is 320. The highest BCUT2D eigenvalue weighted by atomic mass is 28.4. The molecule has 1 rings (SSSR count). The molecule has 0 aromatic heterocycles. The van der Waals surface area contributed by atoms with Crippen molar-refractivity contribution >= 4 is 8.32 Å². The molecule has 0 radical (unpaired) electrons. The van der Waals surface area contributed by atoms with Crippen LogP contribution < -0.4 is 0 Å². The van der Waals surface area contributed by atoms with Crippen LogP contribution in [0.3, 0.4) is 0 Å². The third-order valence-electron chi connectivity index (χ3n) is 4.58. The van der Waals surface area contributed by atoms with Crippen molar-refractivity contribution in [3.8, 4) is 0 Å². The number of rotatable bonds is 4. The van der Waals surface area contributed by atoms with Gasteiger partial charge in [0.25, 0.3) is 0 Å². The van der Waals surface area contributed by atoms with Crippen LogP contribution in [-0.2, 0) is 9.16 Å². The molecule has 0 fully saturated rings. The molecule has 1 N–H and O–H groups in total. The number of aliphatic hydroxyl groups is 1. The molecular weight excluding hydrogens is 268 g/mol. The molecule has 3 atom stereocenters. The summed E-state index contributed by atoms with van der Waals surface area (Å²) in [5, 5.41) is 10.3. The summed E-state index contributed by atoms with van der Waals surface area (Å²) in [5.74, 6) is 0. The van der Waals surface area contributed by atoms with Crippen molar-refractivity contribution in [2.75, 3.05) is 6.61 Å². The van der Waals surface area contributed by atoms with Crippen LogP contribution in [-0.4, -0.2) is 38.3 Å². The molecule has 20 heavy (non-hydrogen) atoms. The largest absolute Gasteiger partial charge is 0.414 e. The SMILES string of the molecule is CC[C@H]1O[C@@H](CO[Si](C)(C)C(C)(C)C)C/C=C\C[C@H]1O. The Morgan fingerprint density at radius 2 is 1.85 bits per heavy atom. The smallest absolute Gasteiger partial charge is 0.192 e. The maximum Gasteiger partial charge on any atom is 0.192 e. The first-order chi connectivity index (χ1) is 9.17. The van der Waals surface area contributed by atoms with Crippen molar-refractivity contribution in [2.45, 2.75) is 83.4 Å². The summed E-state index contributed by atoms with van der Waals surface area (Å²) in [6.07, 6.45) is 6.15. The summed E-state index contributed by atoms with van der Waals surface area (Å²) in [6.45, 7) is 14.0. The van der Waals surface area contributed by atoms with Gasteiger partial charge < -0.3 is 14.3 Å². The monoisotopic (exact) mass is 300 g/mol. The molecule has 0 aromatic carbocycles. The summed E-state index contributed by atoms with van der Waals surface area (Å²) in [7, 11) is -1.73. The number of aliphatic hydroxyl groups excluding tert-OH is 1. The summed E-state index contributed by atoms with van der Waals surface area (Å²) in [6, 6.07) is 0. The summed E-state index contributed by atoms with van der Waals surface area (Å²) < 4.78 is 12.3. The van der Waals surface area contributed by atoms with E-state index in [4.69, 9.17) is 9.16 Å². The molecule has 4 heteroatoms. The molecule has 0 amide bonds. The molecular formula is C16H32O3Si. The van der Waals surface area contributed by atoms with Crippen molar-refractivity contribution < 1.29 is 14.3 Å². The first kappa shape index (κ1) is 17.9. The Kier molecular flexibility index (Phi) is 6.45. The minimum Gasteiger partial charge on any atom is -0.414 e. The lowest BCUT2D eigenvalue weighted by Crippen LogP contribution is -2.44. The molecule has 0 aromatic rings. The van der Waals surface area contributed by atoms with E-state index in [1.54, 1.807) is 0 Å². The molecule has 0 bridgehead atoms. The topological polar surface area (TPSA) is 38.7 Å². The van der Waals surface area contributed by atoms with Gasteiger partial charge in [-0.3, -0.25) is 0 Å². The lowest BCUT2D eigenvalue weighted by molar-refractivity contribution is -0.0908. The third kappa shape index (κ3) is 4.99. The summed E-state index contributed by atoms with van der Waals surface area (Å²) in [4.78, 5) is 0. The van der Waals surface area contributed by atoms with E-state index >= 15 is 0 Å². The van der Waals surface area contributed by atoms with Crippen LogP contribution in [0, 0.1) is 0 Å². The molecule has 1 aliphatic heterocycles. The van der Waals surface area contributed by atoms with Crippen molar-refractivity contribution in [1.82, 2.24) is 0 Å². The second-order valence-electron chi connectivity index (χ2n) is 7.29. The van der Waals surface area contributed by atoms with E-state index in [-0.39, 0.29) is 17.2 Å². The van der Waals surface area contributed by atoms with Gasteiger partial charge in [0.1, 0.15) is 0 Å². The molecule has 118 valence electrons. The Hall–Kier alpha value is -0.163. The standard InChI is InChI=1S/C16H32O3Si/c1-7-15-14(17)11-9-8-10-13(19-15)12-18-20(5,6)16(2,3)4/h8-9,13-15,17H,7,10-12H2,1-6H3/b9-8-/t13-,14-,15-/m1/s1. The zero-order valence-corrected chi connectivity index (χ0v) is 15.0. The molecule has 0 saturated carbocycles. The Balaban J connectivity index is 2.61. The maximum absolute atomic E-state index is 10.0. The fourth-order valence-corrected chi connectivity index (χ4v) is 3.06. The fourth-order valence-electron chi connectivity index (χ4n) is 2.02. The highest BCUT2D eigenvalue weighted by Gasteiger charge is 2.38.